The van der Waals surface area contributed by atoms with E-state index in [0.717, 1.165) is 66.6 Å². The summed E-state index contributed by atoms with van der Waals surface area (Å²) in [4.78, 5) is 15.0. The van der Waals surface area contributed by atoms with Gasteiger partial charge in [-0.3, -0.25) is 0 Å². The van der Waals surface area contributed by atoms with Crippen LogP contribution < -0.4 is 0 Å². The number of hydrogen-bond donors (Lipinski definition) is 0. The molecular weight excluding hydrogens is 526 g/mol. The highest BCUT2D eigenvalue weighted by molar-refractivity contribution is 6.08. The molecule has 6 aromatic carbocycles. The van der Waals surface area contributed by atoms with Crippen LogP contribution in [0.5, 0.6) is 0 Å². The Morgan fingerprint density at radius 2 is 0.977 bits per heavy atom. The van der Waals surface area contributed by atoms with Gasteiger partial charge in [-0.05, 0) is 40.6 Å². The molecule has 0 amide bonds. The average molecular weight is 552 g/mol. The number of para-hydroxylation sites is 1. The lowest BCUT2D eigenvalue weighted by atomic mass is 9.93. The zero-order valence-electron chi connectivity index (χ0n) is 23.2. The molecule has 8 aromatic rings. The van der Waals surface area contributed by atoms with Crippen molar-refractivity contribution in [1.29, 1.82) is 0 Å². The summed E-state index contributed by atoms with van der Waals surface area (Å²) >= 11 is 0. The first-order chi connectivity index (χ1) is 21.3. The third-order valence-corrected chi connectivity index (χ3v) is 7.76. The van der Waals surface area contributed by atoms with Crippen LogP contribution in [0.15, 0.2) is 156 Å². The SMILES string of the molecule is c1ccc(-c2cc(-c3ccc(-c4cccc5oc(-c6ccccc6)nc45)c4ccccc34)nc(-c3ccccc3)n2)cc1. The molecule has 0 unspecified atom stereocenters. The summed E-state index contributed by atoms with van der Waals surface area (Å²) in [5, 5.41) is 2.23. The van der Waals surface area contributed by atoms with Gasteiger partial charge in [0.2, 0.25) is 5.89 Å². The van der Waals surface area contributed by atoms with Gasteiger partial charge in [0.25, 0.3) is 0 Å². The van der Waals surface area contributed by atoms with Gasteiger partial charge in [-0.25, -0.2) is 15.0 Å². The van der Waals surface area contributed by atoms with E-state index in [1.54, 1.807) is 0 Å². The second-order valence-corrected chi connectivity index (χ2v) is 10.4. The molecule has 0 fully saturated rings. The second-order valence-electron chi connectivity index (χ2n) is 10.4. The van der Waals surface area contributed by atoms with Gasteiger partial charge < -0.3 is 4.42 Å². The zero-order chi connectivity index (χ0) is 28.6. The molecule has 2 aromatic heterocycles. The standard InChI is InChI=1S/C39H25N3O/c1-4-13-26(14-5-1)34-25-35(41-38(40-34)27-15-6-2-7-16-27)32-24-23-31(29-19-10-11-20-30(29)32)33-21-12-22-36-37(33)42-39(43-36)28-17-8-3-9-18-28/h1-25H. The van der Waals surface area contributed by atoms with Gasteiger partial charge >= 0.3 is 0 Å². The molecule has 43 heavy (non-hydrogen) atoms. The topological polar surface area (TPSA) is 51.8 Å². The molecule has 0 bridgehead atoms. The molecule has 0 aliphatic heterocycles. The van der Waals surface area contributed by atoms with E-state index in [2.05, 4.69) is 72.8 Å². The van der Waals surface area contributed by atoms with Gasteiger partial charge in [0, 0.05) is 27.8 Å². The Morgan fingerprint density at radius 1 is 0.395 bits per heavy atom. The van der Waals surface area contributed by atoms with Crippen LogP contribution in [0.25, 0.3) is 78.4 Å². The summed E-state index contributed by atoms with van der Waals surface area (Å²) in [5.41, 5.74) is 9.54. The van der Waals surface area contributed by atoms with E-state index < -0.39 is 0 Å². The van der Waals surface area contributed by atoms with Gasteiger partial charge in [0.1, 0.15) is 5.52 Å². The maximum atomic E-state index is 6.20. The lowest BCUT2D eigenvalue weighted by molar-refractivity contribution is 0.620. The molecule has 0 aliphatic carbocycles. The maximum Gasteiger partial charge on any atom is 0.227 e. The number of rotatable bonds is 5. The summed E-state index contributed by atoms with van der Waals surface area (Å²) in [7, 11) is 0. The number of fused-ring (bicyclic) bond motifs is 2. The highest BCUT2D eigenvalue weighted by Gasteiger charge is 2.17. The molecule has 8 rings (SSSR count). The third-order valence-electron chi connectivity index (χ3n) is 7.76. The van der Waals surface area contributed by atoms with E-state index in [4.69, 9.17) is 19.4 Å². The van der Waals surface area contributed by atoms with Crippen molar-refractivity contribution in [3.8, 4) is 56.5 Å². The molecule has 0 N–H and O–H groups in total. The quantitative estimate of drug-likeness (QED) is 0.214. The predicted octanol–water partition coefficient (Wildman–Crippen LogP) is 10.1. The largest absolute Gasteiger partial charge is 0.436 e. The Bertz CT molecular complexity index is 2170. The first-order valence-electron chi connectivity index (χ1n) is 14.3. The van der Waals surface area contributed by atoms with Crippen LogP contribution in [0.3, 0.4) is 0 Å². The fraction of sp³-hybridized carbons (Fsp3) is 0. The Hall–Kier alpha value is -5.87. The van der Waals surface area contributed by atoms with Crippen LogP contribution in [-0.2, 0) is 0 Å². The minimum Gasteiger partial charge on any atom is -0.436 e. The highest BCUT2D eigenvalue weighted by atomic mass is 16.3. The number of aromatic nitrogens is 3. The van der Waals surface area contributed by atoms with E-state index in [9.17, 15) is 0 Å². The summed E-state index contributed by atoms with van der Waals surface area (Å²) in [6.45, 7) is 0. The van der Waals surface area contributed by atoms with E-state index in [-0.39, 0.29) is 0 Å². The second kappa shape index (κ2) is 10.5. The van der Waals surface area contributed by atoms with Gasteiger partial charge in [0.15, 0.2) is 11.4 Å². The third kappa shape index (κ3) is 4.55. The predicted molar refractivity (Wildman–Crippen MR) is 174 cm³/mol. The number of oxazole rings is 1. The van der Waals surface area contributed by atoms with Gasteiger partial charge in [0.05, 0.1) is 11.4 Å². The Morgan fingerprint density at radius 3 is 1.70 bits per heavy atom. The van der Waals surface area contributed by atoms with Crippen LogP contribution in [0, 0.1) is 0 Å². The van der Waals surface area contributed by atoms with Crippen molar-refractivity contribution in [2.45, 2.75) is 0 Å². The zero-order valence-corrected chi connectivity index (χ0v) is 23.2. The first-order valence-corrected chi connectivity index (χ1v) is 14.3. The Kier molecular flexibility index (Phi) is 6.08. The number of nitrogens with zero attached hydrogens (tertiary/aromatic N) is 3. The molecule has 202 valence electrons. The van der Waals surface area contributed by atoms with Crippen molar-refractivity contribution in [3.63, 3.8) is 0 Å². The molecule has 2 heterocycles. The van der Waals surface area contributed by atoms with E-state index in [0.29, 0.717) is 11.7 Å². The lowest BCUT2D eigenvalue weighted by Crippen LogP contribution is -1.96. The fourth-order valence-corrected chi connectivity index (χ4v) is 5.69. The highest BCUT2D eigenvalue weighted by Crippen LogP contribution is 2.39. The average Bonchev–Trinajstić information content (AvgIpc) is 3.54. The van der Waals surface area contributed by atoms with Crippen LogP contribution in [0.2, 0.25) is 0 Å². The summed E-state index contributed by atoms with van der Waals surface area (Å²) in [6, 6.07) is 51.5. The first kappa shape index (κ1) is 24.9. The fourth-order valence-electron chi connectivity index (χ4n) is 5.69. The number of benzene rings is 6. The summed E-state index contributed by atoms with van der Waals surface area (Å²) in [6.07, 6.45) is 0. The molecule has 0 saturated carbocycles. The molecule has 0 spiro atoms. The van der Waals surface area contributed by atoms with Crippen molar-refractivity contribution in [2.75, 3.05) is 0 Å². The maximum absolute atomic E-state index is 6.20. The van der Waals surface area contributed by atoms with Crippen molar-refractivity contribution in [2.24, 2.45) is 0 Å². The van der Waals surface area contributed by atoms with Crippen molar-refractivity contribution >= 4 is 21.9 Å². The summed E-state index contributed by atoms with van der Waals surface area (Å²) < 4.78 is 6.20. The Labute approximate surface area is 249 Å². The van der Waals surface area contributed by atoms with E-state index in [1.807, 2.05) is 78.9 Å². The van der Waals surface area contributed by atoms with E-state index >= 15 is 0 Å². The molecular formula is C39H25N3O. The normalized spacial score (nSPS) is 11.3. The van der Waals surface area contributed by atoms with Crippen molar-refractivity contribution in [3.05, 3.63) is 152 Å². The smallest absolute Gasteiger partial charge is 0.227 e. The van der Waals surface area contributed by atoms with Crippen LogP contribution in [0.4, 0.5) is 0 Å². The van der Waals surface area contributed by atoms with Gasteiger partial charge in [-0.2, -0.15) is 0 Å². The van der Waals surface area contributed by atoms with Crippen LogP contribution in [0.1, 0.15) is 0 Å². The molecule has 0 aliphatic rings. The van der Waals surface area contributed by atoms with Gasteiger partial charge in [-0.15, -0.1) is 0 Å². The molecule has 4 nitrogen and oxygen atoms in total. The molecule has 4 heteroatoms. The number of hydrogen-bond acceptors (Lipinski definition) is 4. The van der Waals surface area contributed by atoms with Gasteiger partial charge in [-0.1, -0.05) is 127 Å². The minimum atomic E-state index is 0.617. The van der Waals surface area contributed by atoms with Crippen LogP contribution in [-0.4, -0.2) is 15.0 Å². The summed E-state index contributed by atoms with van der Waals surface area (Å²) in [5.74, 6) is 1.32. The van der Waals surface area contributed by atoms with Crippen molar-refractivity contribution < 1.29 is 4.42 Å². The van der Waals surface area contributed by atoms with E-state index in [1.165, 1.54) is 0 Å². The molecule has 0 radical (unpaired) electrons. The van der Waals surface area contributed by atoms with Crippen molar-refractivity contribution in [1.82, 2.24) is 15.0 Å². The molecule has 0 atom stereocenters. The molecule has 0 saturated heterocycles. The Balaban J connectivity index is 1.32. The van der Waals surface area contributed by atoms with Crippen LogP contribution >= 0.6 is 0 Å². The lowest BCUT2D eigenvalue weighted by Gasteiger charge is -2.14. The monoisotopic (exact) mass is 551 g/mol. The minimum absolute atomic E-state index is 0.617.